The molecule has 0 aromatic carbocycles. The number of rotatable bonds is 3. The molecule has 0 spiro atoms. The predicted octanol–water partition coefficient (Wildman–Crippen LogP) is 2.36. The number of hydrogen-bond acceptors (Lipinski definition) is 5. The van der Waals surface area contributed by atoms with Crippen molar-refractivity contribution in [2.45, 2.75) is 45.2 Å². The van der Waals surface area contributed by atoms with Crippen LogP contribution in [0.5, 0.6) is 0 Å². The van der Waals surface area contributed by atoms with Crippen LogP contribution in [0.2, 0.25) is 0 Å². The van der Waals surface area contributed by atoms with E-state index in [2.05, 4.69) is 15.1 Å². The summed E-state index contributed by atoms with van der Waals surface area (Å²) in [6.07, 6.45) is 6.24. The zero-order valence-electron chi connectivity index (χ0n) is 12.3. The molecule has 1 aliphatic rings. The van der Waals surface area contributed by atoms with Crippen LogP contribution in [0.25, 0.3) is 0 Å². The first-order chi connectivity index (χ1) is 10.2. The Hall–Kier alpha value is -1.76. The Kier molecular flexibility index (Phi) is 4.01. The fraction of sp³-hybridized carbons (Fsp3) is 0.571. The van der Waals surface area contributed by atoms with Crippen molar-refractivity contribution in [1.29, 1.82) is 0 Å². The van der Waals surface area contributed by atoms with E-state index in [1.165, 1.54) is 6.33 Å². The Balaban J connectivity index is 1.82. The third-order valence-corrected chi connectivity index (χ3v) is 4.96. The third-order valence-electron chi connectivity index (χ3n) is 3.90. The van der Waals surface area contributed by atoms with E-state index in [-0.39, 0.29) is 18.0 Å². The summed E-state index contributed by atoms with van der Waals surface area (Å²) >= 11 is 1.65. The number of likely N-dealkylation sites (tertiary alicyclic amines) is 1. The first kappa shape index (κ1) is 14.2. The number of carbonyl (C=O) groups is 1. The van der Waals surface area contributed by atoms with Gasteiger partial charge in [-0.2, -0.15) is 5.10 Å². The van der Waals surface area contributed by atoms with E-state index >= 15 is 0 Å². The van der Waals surface area contributed by atoms with Crippen LogP contribution in [-0.2, 0) is 4.79 Å². The molecule has 2 aromatic heterocycles. The zero-order chi connectivity index (χ0) is 14.8. The van der Waals surface area contributed by atoms with Crippen LogP contribution in [-0.4, -0.2) is 37.1 Å². The Bertz CT molecular complexity index is 609. The normalized spacial score (nSPS) is 20.5. The van der Waals surface area contributed by atoms with Crippen molar-refractivity contribution in [3.63, 3.8) is 0 Å². The maximum atomic E-state index is 12.8. The first-order valence-electron chi connectivity index (χ1n) is 7.23. The molecule has 21 heavy (non-hydrogen) atoms. The maximum absolute atomic E-state index is 12.8. The van der Waals surface area contributed by atoms with Crippen LogP contribution in [0.3, 0.4) is 0 Å². The van der Waals surface area contributed by atoms with Crippen molar-refractivity contribution >= 4 is 17.2 Å². The molecule has 0 radical (unpaired) electrons. The highest BCUT2D eigenvalue weighted by Gasteiger charge is 2.33. The number of aromatic nitrogens is 4. The number of piperidine rings is 1. The second kappa shape index (κ2) is 5.93. The van der Waals surface area contributed by atoms with Crippen molar-refractivity contribution in [3.8, 4) is 0 Å². The van der Waals surface area contributed by atoms with E-state index in [9.17, 15) is 4.79 Å². The summed E-state index contributed by atoms with van der Waals surface area (Å²) in [5, 5.41) is 7.18. The van der Waals surface area contributed by atoms with Gasteiger partial charge in [0.25, 0.3) is 0 Å². The zero-order valence-corrected chi connectivity index (χ0v) is 13.1. The monoisotopic (exact) mass is 305 g/mol. The highest BCUT2D eigenvalue weighted by atomic mass is 32.1. The van der Waals surface area contributed by atoms with E-state index in [0.29, 0.717) is 0 Å². The Morgan fingerprint density at radius 2 is 2.33 bits per heavy atom. The lowest BCUT2D eigenvalue weighted by Crippen LogP contribution is -2.42. The van der Waals surface area contributed by atoms with Gasteiger partial charge in [0.15, 0.2) is 0 Å². The van der Waals surface area contributed by atoms with Gasteiger partial charge in [-0.25, -0.2) is 14.6 Å². The summed E-state index contributed by atoms with van der Waals surface area (Å²) in [6, 6.07) is -0.218. The minimum Gasteiger partial charge on any atom is -0.331 e. The average molecular weight is 305 g/mol. The molecule has 3 rings (SSSR count). The second-order valence-corrected chi connectivity index (χ2v) is 6.31. The van der Waals surface area contributed by atoms with Crippen LogP contribution in [0.15, 0.2) is 18.0 Å². The van der Waals surface area contributed by atoms with Gasteiger partial charge in [0, 0.05) is 17.6 Å². The Morgan fingerprint density at radius 1 is 1.48 bits per heavy atom. The van der Waals surface area contributed by atoms with E-state index in [4.69, 9.17) is 0 Å². The van der Waals surface area contributed by atoms with Crippen LogP contribution in [0, 0.1) is 6.92 Å². The van der Waals surface area contributed by atoms with Crippen molar-refractivity contribution in [3.05, 3.63) is 28.7 Å². The lowest BCUT2D eigenvalue weighted by molar-refractivity contribution is -0.138. The minimum atomic E-state index is -0.325. The standard InChI is InChI=1S/C14H19N5OS/c1-10-7-21-13(17-10)12-5-3-4-6-18(12)14(20)11(2)19-9-15-8-16-19/h7-9,11-12H,3-6H2,1-2H3/t11-,12+/m0/s1. The number of thiazole rings is 1. The third kappa shape index (κ3) is 2.83. The van der Waals surface area contributed by atoms with Crippen molar-refractivity contribution < 1.29 is 4.79 Å². The Labute approximate surface area is 127 Å². The molecule has 1 amide bonds. The summed E-state index contributed by atoms with van der Waals surface area (Å²) in [7, 11) is 0. The summed E-state index contributed by atoms with van der Waals surface area (Å²) in [6.45, 7) is 4.66. The highest BCUT2D eigenvalue weighted by Crippen LogP contribution is 2.34. The van der Waals surface area contributed by atoms with Gasteiger partial charge in [-0.1, -0.05) is 0 Å². The van der Waals surface area contributed by atoms with E-state index < -0.39 is 0 Å². The maximum Gasteiger partial charge on any atom is 0.247 e. The molecule has 2 atom stereocenters. The van der Waals surface area contributed by atoms with Crippen LogP contribution in [0.4, 0.5) is 0 Å². The average Bonchev–Trinajstić information content (AvgIpc) is 3.17. The highest BCUT2D eigenvalue weighted by molar-refractivity contribution is 7.09. The largest absolute Gasteiger partial charge is 0.331 e. The van der Waals surface area contributed by atoms with Gasteiger partial charge < -0.3 is 4.90 Å². The van der Waals surface area contributed by atoms with Crippen molar-refractivity contribution in [1.82, 2.24) is 24.6 Å². The molecular formula is C14H19N5OS. The van der Waals surface area contributed by atoms with Gasteiger partial charge in [-0.15, -0.1) is 11.3 Å². The molecule has 1 aliphatic heterocycles. The van der Waals surface area contributed by atoms with Crippen molar-refractivity contribution in [2.75, 3.05) is 6.54 Å². The summed E-state index contributed by atoms with van der Waals surface area (Å²) in [4.78, 5) is 23.3. The van der Waals surface area contributed by atoms with Gasteiger partial charge >= 0.3 is 0 Å². The second-order valence-electron chi connectivity index (χ2n) is 5.42. The number of aryl methyl sites for hydroxylation is 1. The van der Waals surface area contributed by atoms with Gasteiger partial charge in [0.05, 0.1) is 6.04 Å². The molecular weight excluding hydrogens is 286 g/mol. The van der Waals surface area contributed by atoms with Crippen LogP contribution in [0.1, 0.15) is 49.0 Å². The molecule has 6 nitrogen and oxygen atoms in total. The summed E-state index contributed by atoms with van der Waals surface area (Å²) in [5.74, 6) is 0.0954. The molecule has 1 fully saturated rings. The molecule has 112 valence electrons. The van der Waals surface area contributed by atoms with E-state index in [0.717, 1.165) is 36.5 Å². The fourth-order valence-electron chi connectivity index (χ4n) is 2.75. The molecule has 3 heterocycles. The molecule has 2 aromatic rings. The van der Waals surface area contributed by atoms with Gasteiger partial charge in [-0.05, 0) is 33.1 Å². The number of nitrogens with zero attached hydrogens (tertiary/aromatic N) is 5. The predicted molar refractivity (Wildman–Crippen MR) is 79.9 cm³/mol. The van der Waals surface area contributed by atoms with Gasteiger partial charge in [0.2, 0.25) is 5.91 Å². The lowest BCUT2D eigenvalue weighted by atomic mass is 10.0. The molecule has 0 unspecified atom stereocenters. The Morgan fingerprint density at radius 3 is 3.00 bits per heavy atom. The lowest BCUT2D eigenvalue weighted by Gasteiger charge is -2.36. The van der Waals surface area contributed by atoms with Gasteiger partial charge in [-0.3, -0.25) is 4.79 Å². The van der Waals surface area contributed by atoms with Crippen LogP contribution < -0.4 is 0 Å². The first-order valence-corrected chi connectivity index (χ1v) is 8.11. The molecule has 0 aliphatic carbocycles. The summed E-state index contributed by atoms with van der Waals surface area (Å²) < 4.78 is 1.61. The molecule has 1 saturated heterocycles. The van der Waals surface area contributed by atoms with E-state index in [1.54, 1.807) is 22.3 Å². The number of amides is 1. The number of carbonyl (C=O) groups excluding carboxylic acids is 1. The molecule has 0 N–H and O–H groups in total. The van der Waals surface area contributed by atoms with E-state index in [1.807, 2.05) is 24.1 Å². The number of hydrogen-bond donors (Lipinski definition) is 0. The molecule has 7 heteroatoms. The minimum absolute atomic E-state index is 0.0954. The summed E-state index contributed by atoms with van der Waals surface area (Å²) in [5.41, 5.74) is 1.03. The van der Waals surface area contributed by atoms with Crippen LogP contribution >= 0.6 is 11.3 Å². The van der Waals surface area contributed by atoms with Gasteiger partial charge in [0.1, 0.15) is 23.7 Å². The quantitative estimate of drug-likeness (QED) is 0.873. The fourth-order valence-corrected chi connectivity index (χ4v) is 3.69. The topological polar surface area (TPSA) is 63.9 Å². The molecule has 0 saturated carbocycles. The SMILES string of the molecule is Cc1csc([C@H]2CCCCN2C(=O)[C@H](C)n2cncn2)n1. The smallest absolute Gasteiger partial charge is 0.247 e. The van der Waals surface area contributed by atoms with Crippen molar-refractivity contribution in [2.24, 2.45) is 0 Å². The molecule has 0 bridgehead atoms.